The Hall–Kier alpha value is -2.34. The number of allylic oxidation sites excluding steroid dienone is 18. The predicted molar refractivity (Wildman–Crippen MR) is 209 cm³/mol. The average Bonchev–Trinajstić information content (AvgIpc) is 2.96. The molecule has 0 radical (unpaired) electrons. The lowest BCUT2D eigenvalue weighted by atomic mass is 10.0. The van der Waals surface area contributed by atoms with Crippen LogP contribution in [0, 0.1) is 0 Å². The fourth-order valence-corrected chi connectivity index (χ4v) is 5.27. The normalized spacial score (nSPS) is 14.8. The van der Waals surface area contributed by atoms with Gasteiger partial charge in [0.2, 0.25) is 0 Å². The molecular formula is C45H74. The zero-order valence-electron chi connectivity index (χ0n) is 32.0. The molecule has 254 valence electrons. The predicted octanol–water partition coefficient (Wildman–Crippen LogP) is 15.8. The Kier molecular flexibility index (Phi) is 26.5. The van der Waals surface area contributed by atoms with Crippen LogP contribution in [0.15, 0.2) is 105 Å². The molecule has 0 rings (SSSR count). The van der Waals surface area contributed by atoms with Crippen LogP contribution < -0.4 is 0 Å². The van der Waals surface area contributed by atoms with Gasteiger partial charge in [0.25, 0.3) is 0 Å². The quantitative estimate of drug-likeness (QED) is 0.0949. The molecule has 0 aliphatic carbocycles. The molecule has 0 heteroatoms. The largest absolute Gasteiger partial charge is 0.0887 e. The number of hydrogen-bond acceptors (Lipinski definition) is 0. The molecule has 0 saturated carbocycles. The highest BCUT2D eigenvalue weighted by atomic mass is 14.0. The summed E-state index contributed by atoms with van der Waals surface area (Å²) in [5.41, 5.74) is 13.6. The molecule has 0 aromatic heterocycles. The van der Waals surface area contributed by atoms with Crippen molar-refractivity contribution in [2.75, 3.05) is 0 Å². The lowest BCUT2D eigenvalue weighted by Gasteiger charge is -2.04. The highest BCUT2D eigenvalue weighted by molar-refractivity contribution is 5.10. The zero-order chi connectivity index (χ0) is 33.9. The first-order chi connectivity index (χ1) is 21.4. The van der Waals surface area contributed by atoms with Gasteiger partial charge in [-0.05, 0) is 179 Å². The van der Waals surface area contributed by atoms with E-state index in [1.165, 1.54) is 153 Å². The Bertz CT molecular complexity index is 1080. The Morgan fingerprint density at radius 2 is 0.444 bits per heavy atom. The van der Waals surface area contributed by atoms with Crippen LogP contribution in [0.3, 0.4) is 0 Å². The van der Waals surface area contributed by atoms with Crippen molar-refractivity contribution in [1.29, 1.82) is 0 Å². The maximum atomic E-state index is 2.46. The van der Waals surface area contributed by atoms with Gasteiger partial charge in [-0.3, -0.25) is 0 Å². The maximum Gasteiger partial charge on any atom is -0.0288 e. The highest BCUT2D eigenvalue weighted by Gasteiger charge is 1.97. The number of hydrogen-bond donors (Lipinski definition) is 0. The van der Waals surface area contributed by atoms with Crippen LogP contribution >= 0.6 is 0 Å². The molecule has 0 spiro atoms. The molecule has 0 N–H and O–H groups in total. The molecular weight excluding hydrogens is 540 g/mol. The van der Waals surface area contributed by atoms with Crippen LogP contribution in [0.25, 0.3) is 0 Å². The molecule has 0 aliphatic heterocycles. The first-order valence-corrected chi connectivity index (χ1v) is 18.3. The van der Waals surface area contributed by atoms with E-state index in [-0.39, 0.29) is 0 Å². The monoisotopic (exact) mass is 615 g/mol. The van der Waals surface area contributed by atoms with Crippen molar-refractivity contribution in [3.8, 4) is 0 Å². The standard InChI is InChI=1S/C45H74/c1-12-38(4)22-14-24-40(6)26-16-28-42(8)30-18-32-44(10)34-20-36-45(11)35-19-33-43(9)31-17-29-41(7)27-15-25-39(5)23-13-21-37(2)3/h12,21,24-25,28-29,32-33,36H,13-20,22-23,26-27,30-31,34-35H2,1-11H3. The maximum absolute atomic E-state index is 2.46. The van der Waals surface area contributed by atoms with E-state index >= 15 is 0 Å². The van der Waals surface area contributed by atoms with Crippen LogP contribution in [-0.2, 0) is 0 Å². The van der Waals surface area contributed by atoms with E-state index < -0.39 is 0 Å². The van der Waals surface area contributed by atoms with Crippen molar-refractivity contribution in [1.82, 2.24) is 0 Å². The van der Waals surface area contributed by atoms with Gasteiger partial charge in [-0.15, -0.1) is 0 Å². The van der Waals surface area contributed by atoms with E-state index in [1.807, 2.05) is 0 Å². The van der Waals surface area contributed by atoms with Crippen molar-refractivity contribution < 1.29 is 0 Å². The van der Waals surface area contributed by atoms with Crippen LogP contribution in [0.1, 0.15) is 179 Å². The molecule has 0 fully saturated rings. The molecule has 0 nitrogen and oxygen atoms in total. The summed E-state index contributed by atoms with van der Waals surface area (Å²) >= 11 is 0. The first-order valence-electron chi connectivity index (χ1n) is 18.3. The summed E-state index contributed by atoms with van der Waals surface area (Å²) < 4.78 is 0. The minimum Gasteiger partial charge on any atom is -0.0887 e. The molecule has 0 atom stereocenters. The SMILES string of the molecule is CC=C(C)CCC=C(C)CCC=C(C)CCC=C(C)CCC=C(C)CCC=C(C)CCC=C(C)CCC=C(C)CCC=C(C)C. The molecule has 0 aromatic rings. The minimum atomic E-state index is 1.17. The Morgan fingerprint density at radius 1 is 0.267 bits per heavy atom. The lowest BCUT2D eigenvalue weighted by molar-refractivity contribution is 0.880. The molecule has 0 amide bonds. The summed E-state index contributed by atoms with van der Waals surface area (Å²) in [4.78, 5) is 0. The van der Waals surface area contributed by atoms with E-state index in [2.05, 4.69) is 131 Å². The van der Waals surface area contributed by atoms with E-state index in [0.717, 1.165) is 0 Å². The molecule has 45 heavy (non-hydrogen) atoms. The van der Waals surface area contributed by atoms with Gasteiger partial charge >= 0.3 is 0 Å². The Morgan fingerprint density at radius 3 is 0.622 bits per heavy atom. The molecule has 0 aromatic carbocycles. The second-order valence-corrected chi connectivity index (χ2v) is 14.1. The van der Waals surface area contributed by atoms with Gasteiger partial charge in [-0.25, -0.2) is 0 Å². The Labute approximate surface area is 283 Å². The summed E-state index contributed by atoms with van der Waals surface area (Å²) in [6, 6.07) is 0. The van der Waals surface area contributed by atoms with Crippen molar-refractivity contribution in [3.05, 3.63) is 105 Å². The first kappa shape index (κ1) is 42.7. The average molecular weight is 615 g/mol. The highest BCUT2D eigenvalue weighted by Crippen LogP contribution is 2.17. The molecule has 0 aliphatic rings. The molecule has 0 bridgehead atoms. The van der Waals surface area contributed by atoms with Crippen LogP contribution in [-0.4, -0.2) is 0 Å². The van der Waals surface area contributed by atoms with Gasteiger partial charge in [-0.1, -0.05) is 105 Å². The van der Waals surface area contributed by atoms with Gasteiger partial charge in [-0.2, -0.15) is 0 Å². The van der Waals surface area contributed by atoms with E-state index in [0.29, 0.717) is 0 Å². The Balaban J connectivity index is 4.21. The van der Waals surface area contributed by atoms with Crippen LogP contribution in [0.4, 0.5) is 0 Å². The van der Waals surface area contributed by atoms with Crippen molar-refractivity contribution in [3.63, 3.8) is 0 Å². The molecule has 0 saturated heterocycles. The third-order valence-electron chi connectivity index (χ3n) is 8.80. The smallest absolute Gasteiger partial charge is 0.0288 e. The van der Waals surface area contributed by atoms with Gasteiger partial charge in [0.05, 0.1) is 0 Å². The summed E-state index contributed by atoms with van der Waals surface area (Å²) in [5.74, 6) is 0. The second kappa shape index (κ2) is 27.9. The fraction of sp³-hybridized carbons (Fsp3) is 0.600. The summed E-state index contributed by atoms with van der Waals surface area (Å²) in [6.07, 6.45) is 40.6. The molecule has 0 unspecified atom stereocenters. The summed E-state index contributed by atoms with van der Waals surface area (Å²) in [6.45, 7) is 24.8. The van der Waals surface area contributed by atoms with E-state index in [4.69, 9.17) is 0 Å². The van der Waals surface area contributed by atoms with E-state index in [1.54, 1.807) is 0 Å². The van der Waals surface area contributed by atoms with Gasteiger partial charge in [0.1, 0.15) is 0 Å². The topological polar surface area (TPSA) is 0 Å². The van der Waals surface area contributed by atoms with Crippen LogP contribution in [0.2, 0.25) is 0 Å². The minimum absolute atomic E-state index is 1.17. The van der Waals surface area contributed by atoms with Crippen molar-refractivity contribution in [2.45, 2.75) is 179 Å². The van der Waals surface area contributed by atoms with E-state index in [9.17, 15) is 0 Å². The fourth-order valence-electron chi connectivity index (χ4n) is 5.27. The lowest BCUT2D eigenvalue weighted by Crippen LogP contribution is -1.84. The van der Waals surface area contributed by atoms with Gasteiger partial charge in [0.15, 0.2) is 0 Å². The summed E-state index contributed by atoms with van der Waals surface area (Å²) in [7, 11) is 0. The molecule has 0 heterocycles. The summed E-state index contributed by atoms with van der Waals surface area (Å²) in [5, 5.41) is 0. The number of rotatable bonds is 24. The van der Waals surface area contributed by atoms with Gasteiger partial charge < -0.3 is 0 Å². The zero-order valence-corrected chi connectivity index (χ0v) is 32.0. The second-order valence-electron chi connectivity index (χ2n) is 14.1. The van der Waals surface area contributed by atoms with Crippen molar-refractivity contribution >= 4 is 0 Å². The van der Waals surface area contributed by atoms with Crippen molar-refractivity contribution in [2.24, 2.45) is 0 Å². The third kappa shape index (κ3) is 28.8. The third-order valence-corrected chi connectivity index (χ3v) is 8.80. The van der Waals surface area contributed by atoms with Crippen LogP contribution in [0.5, 0.6) is 0 Å². The van der Waals surface area contributed by atoms with Gasteiger partial charge in [0, 0.05) is 0 Å².